The molecule has 2 aromatic heterocycles. The molecule has 0 saturated carbocycles. The molecule has 0 saturated heterocycles. The largest absolute Gasteiger partial charge is 0.340 e. The first-order chi connectivity index (χ1) is 18.7. The average molecular weight is 563 g/mol. The standard InChI is InChI=1S/C28H27ClN6O3S/c1-20-6-3-10-25(29)27(20)39(37,38)33-26(11-13-35-12-5-9-24(35)15-30)28(36)34(2)18-21-7-4-8-22(14-21)23-16-31-19-32-17-23/h3-10,12,14,16-17,19,26,33H,11,13,18H2,1-2H3. The predicted octanol–water partition coefficient (Wildman–Crippen LogP) is 4.17. The van der Waals surface area contributed by atoms with Crippen molar-refractivity contribution in [1.82, 2.24) is 24.2 Å². The molecule has 0 radical (unpaired) electrons. The molecule has 4 rings (SSSR count). The number of aromatic nitrogens is 3. The van der Waals surface area contributed by atoms with Gasteiger partial charge in [0.15, 0.2) is 0 Å². The maximum absolute atomic E-state index is 13.7. The van der Waals surface area contributed by atoms with E-state index in [1.165, 1.54) is 17.3 Å². The molecule has 11 heteroatoms. The molecule has 0 bridgehead atoms. The van der Waals surface area contributed by atoms with E-state index in [4.69, 9.17) is 11.6 Å². The Hall–Kier alpha value is -4.04. The van der Waals surface area contributed by atoms with Crippen LogP contribution in [0.1, 0.15) is 23.2 Å². The molecule has 0 aliphatic rings. The maximum Gasteiger partial charge on any atom is 0.243 e. The zero-order valence-corrected chi connectivity index (χ0v) is 23.0. The number of rotatable bonds is 10. The lowest BCUT2D eigenvalue weighted by Gasteiger charge is -2.25. The zero-order chi connectivity index (χ0) is 28.0. The van der Waals surface area contributed by atoms with Gasteiger partial charge in [0.25, 0.3) is 0 Å². The van der Waals surface area contributed by atoms with E-state index >= 15 is 0 Å². The van der Waals surface area contributed by atoms with Crippen molar-refractivity contribution in [3.05, 3.63) is 101 Å². The van der Waals surface area contributed by atoms with Gasteiger partial charge in [-0.15, -0.1) is 0 Å². The number of carbonyl (C=O) groups excluding carboxylic acids is 1. The van der Waals surface area contributed by atoms with Crippen molar-refractivity contribution in [1.29, 1.82) is 5.26 Å². The number of nitriles is 1. The molecule has 4 aromatic rings. The Kier molecular flexibility index (Phi) is 8.76. The number of nitrogens with one attached hydrogen (secondary N) is 1. The van der Waals surface area contributed by atoms with E-state index in [2.05, 4.69) is 20.8 Å². The van der Waals surface area contributed by atoms with Crippen LogP contribution in [0.2, 0.25) is 5.02 Å². The predicted molar refractivity (Wildman–Crippen MR) is 148 cm³/mol. The van der Waals surface area contributed by atoms with Gasteiger partial charge in [-0.25, -0.2) is 18.4 Å². The van der Waals surface area contributed by atoms with Gasteiger partial charge >= 0.3 is 0 Å². The maximum atomic E-state index is 13.7. The minimum atomic E-state index is -4.14. The topological polar surface area (TPSA) is 121 Å². The van der Waals surface area contributed by atoms with Gasteiger partial charge in [0.1, 0.15) is 29.0 Å². The van der Waals surface area contributed by atoms with Gasteiger partial charge in [-0.3, -0.25) is 4.79 Å². The summed E-state index contributed by atoms with van der Waals surface area (Å²) >= 11 is 6.25. The lowest BCUT2D eigenvalue weighted by molar-refractivity contribution is -0.132. The van der Waals surface area contributed by atoms with Crippen LogP contribution in [0.5, 0.6) is 0 Å². The van der Waals surface area contributed by atoms with E-state index in [1.54, 1.807) is 61.4 Å². The number of likely N-dealkylation sites (N-methyl/N-ethyl adjacent to an activating group) is 1. The van der Waals surface area contributed by atoms with Crippen molar-refractivity contribution in [3.8, 4) is 17.2 Å². The van der Waals surface area contributed by atoms with Crippen molar-refractivity contribution in [2.24, 2.45) is 0 Å². The van der Waals surface area contributed by atoms with Crippen LogP contribution in [0.4, 0.5) is 0 Å². The number of carbonyl (C=O) groups is 1. The minimum absolute atomic E-state index is 0.0661. The molecule has 39 heavy (non-hydrogen) atoms. The molecule has 0 aliphatic heterocycles. The van der Waals surface area contributed by atoms with E-state index < -0.39 is 22.0 Å². The number of benzene rings is 2. The van der Waals surface area contributed by atoms with E-state index in [0.29, 0.717) is 11.3 Å². The molecule has 0 fully saturated rings. The van der Waals surface area contributed by atoms with E-state index in [1.807, 2.05) is 24.3 Å². The summed E-state index contributed by atoms with van der Waals surface area (Å²) in [6, 6.07) is 16.8. The van der Waals surface area contributed by atoms with Crippen molar-refractivity contribution < 1.29 is 13.2 Å². The van der Waals surface area contributed by atoms with Crippen LogP contribution >= 0.6 is 11.6 Å². The highest BCUT2D eigenvalue weighted by molar-refractivity contribution is 7.89. The normalized spacial score (nSPS) is 12.1. The molecule has 1 N–H and O–H groups in total. The SMILES string of the molecule is Cc1cccc(Cl)c1S(=O)(=O)NC(CCn1cccc1C#N)C(=O)N(C)Cc1cccc(-c2cncnc2)c1. The number of hydrogen-bond acceptors (Lipinski definition) is 6. The first kappa shape index (κ1) is 28.0. The fraction of sp³-hybridized carbons (Fsp3) is 0.214. The number of halogens is 1. The van der Waals surface area contributed by atoms with Gasteiger partial charge in [0.2, 0.25) is 15.9 Å². The summed E-state index contributed by atoms with van der Waals surface area (Å²) in [6.45, 7) is 2.15. The van der Waals surface area contributed by atoms with Gasteiger partial charge < -0.3 is 9.47 Å². The van der Waals surface area contributed by atoms with Crippen LogP contribution in [0.25, 0.3) is 11.1 Å². The Morgan fingerprint density at radius 1 is 1.13 bits per heavy atom. The Bertz CT molecular complexity index is 1600. The first-order valence-corrected chi connectivity index (χ1v) is 14.0. The molecule has 2 aromatic carbocycles. The highest BCUT2D eigenvalue weighted by atomic mass is 35.5. The third-order valence-electron chi connectivity index (χ3n) is 6.25. The minimum Gasteiger partial charge on any atom is -0.340 e. The van der Waals surface area contributed by atoms with Gasteiger partial charge in [0.05, 0.1) is 5.02 Å². The molecule has 0 aliphatic carbocycles. The van der Waals surface area contributed by atoms with Gasteiger partial charge in [-0.05, 0) is 54.3 Å². The molecular formula is C28H27ClN6O3S. The quantitative estimate of drug-likeness (QED) is 0.309. The summed E-state index contributed by atoms with van der Waals surface area (Å²) in [7, 11) is -2.52. The van der Waals surface area contributed by atoms with Crippen molar-refractivity contribution in [2.45, 2.75) is 37.4 Å². The van der Waals surface area contributed by atoms with Crippen LogP contribution < -0.4 is 4.72 Å². The van der Waals surface area contributed by atoms with Crippen LogP contribution in [0.15, 0.2) is 84.4 Å². The highest BCUT2D eigenvalue weighted by Gasteiger charge is 2.30. The molecule has 9 nitrogen and oxygen atoms in total. The summed E-state index contributed by atoms with van der Waals surface area (Å²) in [6.07, 6.45) is 6.71. The Labute approximate surface area is 232 Å². The monoisotopic (exact) mass is 562 g/mol. The van der Waals surface area contributed by atoms with Gasteiger partial charge in [-0.1, -0.05) is 41.9 Å². The van der Waals surface area contributed by atoms with Crippen LogP contribution in [0.3, 0.4) is 0 Å². The molecule has 1 unspecified atom stereocenters. The van der Waals surface area contributed by atoms with Crippen molar-refractivity contribution in [3.63, 3.8) is 0 Å². The third-order valence-corrected chi connectivity index (χ3v) is 8.35. The summed E-state index contributed by atoms with van der Waals surface area (Å²) in [5.74, 6) is -0.414. The van der Waals surface area contributed by atoms with E-state index in [0.717, 1.165) is 16.7 Å². The van der Waals surface area contributed by atoms with Gasteiger partial charge in [0, 0.05) is 44.3 Å². The second-order valence-corrected chi connectivity index (χ2v) is 11.1. The van der Waals surface area contributed by atoms with E-state index in [-0.39, 0.29) is 29.4 Å². The third kappa shape index (κ3) is 6.70. The van der Waals surface area contributed by atoms with Crippen LogP contribution in [0, 0.1) is 18.3 Å². The first-order valence-electron chi connectivity index (χ1n) is 12.1. The molecule has 200 valence electrons. The molecule has 0 spiro atoms. The van der Waals surface area contributed by atoms with Crippen LogP contribution in [-0.2, 0) is 27.9 Å². The molecule has 1 atom stereocenters. The van der Waals surface area contributed by atoms with Crippen molar-refractivity contribution >= 4 is 27.5 Å². The second kappa shape index (κ2) is 12.2. The second-order valence-electron chi connectivity index (χ2n) is 9.07. The average Bonchev–Trinajstić information content (AvgIpc) is 3.38. The molecule has 2 heterocycles. The summed E-state index contributed by atoms with van der Waals surface area (Å²) in [4.78, 5) is 23.2. The fourth-order valence-electron chi connectivity index (χ4n) is 4.33. The highest BCUT2D eigenvalue weighted by Crippen LogP contribution is 2.25. The van der Waals surface area contributed by atoms with Crippen molar-refractivity contribution in [2.75, 3.05) is 7.05 Å². The van der Waals surface area contributed by atoms with E-state index in [9.17, 15) is 18.5 Å². The number of nitrogens with zero attached hydrogens (tertiary/aromatic N) is 5. The summed E-state index contributed by atoms with van der Waals surface area (Å²) in [5.41, 5.74) is 3.48. The zero-order valence-electron chi connectivity index (χ0n) is 21.5. The summed E-state index contributed by atoms with van der Waals surface area (Å²) < 4.78 is 31.1. The smallest absolute Gasteiger partial charge is 0.243 e. The fourth-order valence-corrected chi connectivity index (χ4v) is 6.38. The van der Waals surface area contributed by atoms with Gasteiger partial charge in [-0.2, -0.15) is 9.98 Å². The Morgan fingerprint density at radius 2 is 1.87 bits per heavy atom. The number of hydrogen-bond donors (Lipinski definition) is 1. The lowest BCUT2D eigenvalue weighted by atomic mass is 10.1. The number of amides is 1. The Balaban J connectivity index is 1.58. The molecular weight excluding hydrogens is 536 g/mol. The summed E-state index contributed by atoms with van der Waals surface area (Å²) in [5, 5.41) is 9.43. The van der Waals surface area contributed by atoms with Crippen LogP contribution in [-0.4, -0.2) is 46.8 Å². The lowest BCUT2D eigenvalue weighted by Crippen LogP contribution is -2.47. The molecule has 1 amide bonds. The Morgan fingerprint density at radius 3 is 2.59 bits per heavy atom. The number of sulfonamides is 1. The number of aryl methyl sites for hydroxylation is 2.